The van der Waals surface area contributed by atoms with Crippen molar-refractivity contribution in [1.29, 1.82) is 0 Å². The number of aliphatic hydroxyl groups excluding tert-OH is 3. The molecule has 1 heterocycles. The molecular formula is C16H30FNO3. The Labute approximate surface area is 127 Å². The maximum absolute atomic E-state index is 14.0. The van der Waals surface area contributed by atoms with Gasteiger partial charge >= 0.3 is 0 Å². The zero-order valence-corrected chi connectivity index (χ0v) is 13.4. The van der Waals surface area contributed by atoms with Gasteiger partial charge in [-0.25, -0.2) is 4.39 Å². The lowest BCUT2D eigenvalue weighted by Gasteiger charge is -2.44. The van der Waals surface area contributed by atoms with Gasteiger partial charge in [0.2, 0.25) is 0 Å². The summed E-state index contributed by atoms with van der Waals surface area (Å²) in [7, 11) is 0. The molecule has 1 aliphatic heterocycles. The number of hydrogen-bond acceptors (Lipinski definition) is 4. The molecular weight excluding hydrogens is 273 g/mol. The lowest BCUT2D eigenvalue weighted by atomic mass is 9.75. The van der Waals surface area contributed by atoms with Crippen LogP contribution in [0.5, 0.6) is 0 Å². The minimum atomic E-state index is -1.10. The first-order valence-electron chi connectivity index (χ1n) is 8.17. The van der Waals surface area contributed by atoms with Crippen molar-refractivity contribution in [2.75, 3.05) is 13.1 Å². The third kappa shape index (κ3) is 3.95. The summed E-state index contributed by atoms with van der Waals surface area (Å²) in [5, 5.41) is 29.5. The lowest BCUT2D eigenvalue weighted by Crippen LogP contribution is -2.61. The van der Waals surface area contributed by atoms with Crippen molar-refractivity contribution >= 4 is 0 Å². The molecule has 2 aliphatic rings. The number of halogens is 1. The van der Waals surface area contributed by atoms with Crippen LogP contribution in [-0.4, -0.2) is 63.3 Å². The summed E-state index contributed by atoms with van der Waals surface area (Å²) in [6, 6.07) is -0.154. The first kappa shape index (κ1) is 17.1. The largest absolute Gasteiger partial charge is 0.389 e. The van der Waals surface area contributed by atoms with Gasteiger partial charge in [0.1, 0.15) is 11.8 Å². The number of aliphatic hydroxyl groups is 3. The first-order valence-corrected chi connectivity index (χ1v) is 8.17. The summed E-state index contributed by atoms with van der Waals surface area (Å²) in [5.74, 6) is 0.631. The van der Waals surface area contributed by atoms with E-state index in [1.165, 1.54) is 0 Å². The van der Waals surface area contributed by atoms with Crippen LogP contribution in [0.2, 0.25) is 0 Å². The summed E-state index contributed by atoms with van der Waals surface area (Å²) in [6.45, 7) is 6.42. The predicted molar refractivity (Wildman–Crippen MR) is 79.7 cm³/mol. The molecule has 4 nitrogen and oxygen atoms in total. The van der Waals surface area contributed by atoms with Crippen LogP contribution in [0.15, 0.2) is 0 Å². The van der Waals surface area contributed by atoms with E-state index in [0.717, 1.165) is 32.2 Å². The van der Waals surface area contributed by atoms with Gasteiger partial charge in [-0.15, -0.1) is 0 Å². The molecule has 0 amide bonds. The lowest BCUT2D eigenvalue weighted by molar-refractivity contribution is -0.136. The van der Waals surface area contributed by atoms with Gasteiger partial charge in [-0.2, -0.15) is 0 Å². The van der Waals surface area contributed by atoms with Crippen molar-refractivity contribution < 1.29 is 19.7 Å². The maximum Gasteiger partial charge on any atom is 0.108 e. The molecule has 0 unspecified atom stereocenters. The second-order valence-corrected chi connectivity index (χ2v) is 7.53. The van der Waals surface area contributed by atoms with E-state index in [4.69, 9.17) is 0 Å². The maximum atomic E-state index is 14.0. The molecule has 0 radical (unpaired) electrons. The Morgan fingerprint density at radius 1 is 1.05 bits per heavy atom. The molecule has 0 spiro atoms. The number of rotatable bonds is 3. The van der Waals surface area contributed by atoms with Gasteiger partial charge in [0.05, 0.1) is 12.2 Å². The molecule has 1 aliphatic carbocycles. The van der Waals surface area contributed by atoms with E-state index in [1.54, 1.807) is 13.8 Å². The summed E-state index contributed by atoms with van der Waals surface area (Å²) in [5.41, 5.74) is -1.10. The van der Waals surface area contributed by atoms with E-state index in [0.29, 0.717) is 12.5 Å². The molecule has 4 atom stereocenters. The zero-order valence-electron chi connectivity index (χ0n) is 13.4. The van der Waals surface area contributed by atoms with E-state index >= 15 is 0 Å². The number of nitrogens with zero attached hydrogens (tertiary/aromatic N) is 1. The average Bonchev–Trinajstić information content (AvgIpc) is 2.42. The molecule has 2 rings (SSSR count). The standard InChI is InChI=1S/C16H30FNO3/c1-10-14(20)15(21)13(19)9-18(10)8-11-4-6-12(7-5-11)16(2,3)17/h10-15,19-21H,4-9H2,1-3H3/t10-,11-,12-,13+,14-,15-/m1/s1. The van der Waals surface area contributed by atoms with E-state index in [9.17, 15) is 19.7 Å². The van der Waals surface area contributed by atoms with Crippen LogP contribution in [0.4, 0.5) is 4.39 Å². The predicted octanol–water partition coefficient (Wildman–Crippen LogP) is 1.33. The zero-order chi connectivity index (χ0) is 15.8. The molecule has 0 aromatic heterocycles. The molecule has 2 fully saturated rings. The van der Waals surface area contributed by atoms with Gasteiger partial charge in [0, 0.05) is 19.1 Å². The van der Waals surface area contributed by atoms with Crippen LogP contribution in [0.25, 0.3) is 0 Å². The number of hydrogen-bond donors (Lipinski definition) is 3. The van der Waals surface area contributed by atoms with Crippen LogP contribution < -0.4 is 0 Å². The molecule has 0 aromatic carbocycles. The molecule has 124 valence electrons. The Morgan fingerprint density at radius 2 is 1.62 bits per heavy atom. The summed E-state index contributed by atoms with van der Waals surface area (Å²) in [4.78, 5) is 2.06. The molecule has 0 aromatic rings. The average molecular weight is 303 g/mol. The minimum Gasteiger partial charge on any atom is -0.389 e. The van der Waals surface area contributed by atoms with Crippen LogP contribution in [-0.2, 0) is 0 Å². The Morgan fingerprint density at radius 3 is 2.14 bits per heavy atom. The Bertz CT molecular complexity index is 339. The number of piperidine rings is 1. The van der Waals surface area contributed by atoms with Crippen LogP contribution >= 0.6 is 0 Å². The summed E-state index contributed by atoms with van der Waals surface area (Å²) >= 11 is 0. The summed E-state index contributed by atoms with van der Waals surface area (Å²) < 4.78 is 14.0. The van der Waals surface area contributed by atoms with Gasteiger partial charge in [0.25, 0.3) is 0 Å². The Hall–Kier alpha value is -0.230. The minimum absolute atomic E-state index is 0.144. The van der Waals surface area contributed by atoms with E-state index in [1.807, 2.05) is 6.92 Å². The second kappa shape index (κ2) is 6.49. The Balaban J connectivity index is 1.86. The highest BCUT2D eigenvalue weighted by Gasteiger charge is 2.40. The number of likely N-dealkylation sites (tertiary alicyclic amines) is 1. The van der Waals surface area contributed by atoms with Crippen molar-refractivity contribution in [2.24, 2.45) is 11.8 Å². The number of β-amino-alcohol motifs (C(OH)–C–C–N with tert-alkyl or cyclic N) is 1. The highest BCUT2D eigenvalue weighted by molar-refractivity contribution is 4.93. The van der Waals surface area contributed by atoms with E-state index in [-0.39, 0.29) is 12.0 Å². The fraction of sp³-hybridized carbons (Fsp3) is 1.00. The van der Waals surface area contributed by atoms with Crippen molar-refractivity contribution in [3.63, 3.8) is 0 Å². The quantitative estimate of drug-likeness (QED) is 0.736. The Kier molecular flexibility index (Phi) is 5.29. The highest BCUT2D eigenvalue weighted by atomic mass is 19.1. The molecule has 3 N–H and O–H groups in total. The molecule has 1 saturated carbocycles. The van der Waals surface area contributed by atoms with Crippen LogP contribution in [0.3, 0.4) is 0 Å². The monoisotopic (exact) mass is 303 g/mol. The summed E-state index contributed by atoms with van der Waals surface area (Å²) in [6.07, 6.45) is 0.951. The second-order valence-electron chi connectivity index (χ2n) is 7.53. The molecule has 1 saturated heterocycles. The van der Waals surface area contributed by atoms with Crippen molar-refractivity contribution in [3.05, 3.63) is 0 Å². The van der Waals surface area contributed by atoms with Crippen molar-refractivity contribution in [2.45, 2.75) is 76.5 Å². The fourth-order valence-corrected chi connectivity index (χ4v) is 3.85. The van der Waals surface area contributed by atoms with E-state index < -0.39 is 24.0 Å². The highest BCUT2D eigenvalue weighted by Crippen LogP contribution is 2.38. The van der Waals surface area contributed by atoms with E-state index in [2.05, 4.69) is 4.90 Å². The van der Waals surface area contributed by atoms with Crippen molar-refractivity contribution in [3.8, 4) is 0 Å². The third-order valence-electron chi connectivity index (χ3n) is 5.55. The molecule has 21 heavy (non-hydrogen) atoms. The smallest absolute Gasteiger partial charge is 0.108 e. The van der Waals surface area contributed by atoms with Crippen LogP contribution in [0.1, 0.15) is 46.5 Å². The SMILES string of the molecule is C[C@@H]1[C@@H](O)[C@H](O)[C@@H](O)CN1C[C@H]1CC[C@H](C(C)(C)F)CC1. The first-order chi connectivity index (χ1) is 9.70. The van der Waals surface area contributed by atoms with Gasteiger partial charge in [-0.3, -0.25) is 4.90 Å². The van der Waals surface area contributed by atoms with Gasteiger partial charge in [-0.05, 0) is 58.3 Å². The topological polar surface area (TPSA) is 63.9 Å². The third-order valence-corrected chi connectivity index (χ3v) is 5.55. The fourth-order valence-electron chi connectivity index (χ4n) is 3.85. The van der Waals surface area contributed by atoms with Gasteiger partial charge in [-0.1, -0.05) is 0 Å². The van der Waals surface area contributed by atoms with Gasteiger partial charge < -0.3 is 15.3 Å². The normalized spacial score (nSPS) is 43.0. The van der Waals surface area contributed by atoms with Gasteiger partial charge in [0.15, 0.2) is 0 Å². The number of alkyl halides is 1. The van der Waals surface area contributed by atoms with Crippen molar-refractivity contribution in [1.82, 2.24) is 4.90 Å². The molecule has 5 heteroatoms. The van der Waals surface area contributed by atoms with Crippen LogP contribution in [0, 0.1) is 11.8 Å². The molecule has 0 bridgehead atoms.